The average Bonchev–Trinajstić information content (AvgIpc) is 2.72. The van der Waals surface area contributed by atoms with E-state index in [9.17, 15) is 8.42 Å². The third-order valence-corrected chi connectivity index (χ3v) is 5.07. The zero-order chi connectivity index (χ0) is 12.7. The predicted octanol–water partition coefficient (Wildman–Crippen LogP) is 1.43. The van der Waals surface area contributed by atoms with Crippen molar-refractivity contribution in [3.05, 3.63) is 5.82 Å². The number of hydrogen-bond donors (Lipinski definition) is 1. The van der Waals surface area contributed by atoms with Crippen molar-refractivity contribution in [2.75, 3.05) is 16.8 Å². The fourth-order valence-corrected chi connectivity index (χ4v) is 4.18. The van der Waals surface area contributed by atoms with E-state index in [1.165, 1.54) is 11.5 Å². The Kier molecular flexibility index (Phi) is 3.15. The molecule has 1 atom stereocenters. The summed E-state index contributed by atoms with van der Waals surface area (Å²) in [6, 6.07) is -0.0132. The molecule has 17 heavy (non-hydrogen) atoms. The summed E-state index contributed by atoms with van der Waals surface area (Å²) < 4.78 is 26.9. The van der Waals surface area contributed by atoms with E-state index >= 15 is 0 Å². The minimum Gasteiger partial charge on any atom is -0.356 e. The van der Waals surface area contributed by atoms with E-state index in [2.05, 4.69) is 35.4 Å². The molecule has 1 aromatic rings. The third-order valence-electron chi connectivity index (χ3n) is 2.66. The van der Waals surface area contributed by atoms with Crippen LogP contribution < -0.4 is 5.32 Å². The van der Waals surface area contributed by atoms with Gasteiger partial charge in [0, 0.05) is 23.0 Å². The first-order chi connectivity index (χ1) is 7.76. The highest BCUT2D eigenvalue weighted by Crippen LogP contribution is 2.24. The monoisotopic (exact) mass is 275 g/mol. The lowest BCUT2D eigenvalue weighted by molar-refractivity contribution is 0.555. The first-order valence-electron chi connectivity index (χ1n) is 5.57. The number of hydrogen-bond acceptors (Lipinski definition) is 6. The SMILES string of the molecule is CC(C)(C)c1nsc(NC2CCS(=O)(=O)C2)n1. The fraction of sp³-hybridized carbons (Fsp3) is 0.800. The largest absolute Gasteiger partial charge is 0.356 e. The van der Waals surface area contributed by atoms with Crippen molar-refractivity contribution in [1.29, 1.82) is 0 Å². The van der Waals surface area contributed by atoms with Crippen molar-refractivity contribution >= 4 is 26.5 Å². The molecule has 1 unspecified atom stereocenters. The minimum atomic E-state index is -2.84. The van der Waals surface area contributed by atoms with Crippen LogP contribution in [0.15, 0.2) is 0 Å². The van der Waals surface area contributed by atoms with Crippen LogP contribution in [-0.2, 0) is 15.3 Å². The van der Waals surface area contributed by atoms with E-state index in [4.69, 9.17) is 0 Å². The van der Waals surface area contributed by atoms with Gasteiger partial charge in [-0.05, 0) is 6.42 Å². The molecule has 1 aliphatic heterocycles. The summed E-state index contributed by atoms with van der Waals surface area (Å²) in [5, 5.41) is 3.87. The zero-order valence-corrected chi connectivity index (χ0v) is 11.9. The summed E-state index contributed by atoms with van der Waals surface area (Å²) in [7, 11) is -2.84. The van der Waals surface area contributed by atoms with Gasteiger partial charge in [-0.3, -0.25) is 0 Å². The van der Waals surface area contributed by atoms with Crippen LogP contribution in [0.1, 0.15) is 33.0 Å². The molecule has 0 aromatic carbocycles. The lowest BCUT2D eigenvalue weighted by atomic mass is 9.96. The maximum absolute atomic E-state index is 11.3. The van der Waals surface area contributed by atoms with Gasteiger partial charge in [0.15, 0.2) is 9.84 Å². The molecule has 0 saturated carbocycles. The van der Waals surface area contributed by atoms with E-state index in [-0.39, 0.29) is 23.0 Å². The molecule has 2 rings (SSSR count). The molecule has 96 valence electrons. The van der Waals surface area contributed by atoms with Crippen molar-refractivity contribution in [2.45, 2.75) is 38.6 Å². The normalized spacial score (nSPS) is 23.8. The molecule has 0 amide bonds. The standard InChI is InChI=1S/C10H17N3O2S2/c1-10(2,3)8-12-9(16-13-8)11-7-4-5-17(14,15)6-7/h7H,4-6H2,1-3H3,(H,11,12,13). The van der Waals surface area contributed by atoms with E-state index in [1.807, 2.05) is 0 Å². The number of nitrogens with zero attached hydrogens (tertiary/aromatic N) is 2. The van der Waals surface area contributed by atoms with Crippen molar-refractivity contribution in [3.63, 3.8) is 0 Å². The highest BCUT2D eigenvalue weighted by atomic mass is 32.2. The van der Waals surface area contributed by atoms with Gasteiger partial charge in [-0.1, -0.05) is 20.8 Å². The summed E-state index contributed by atoms with van der Waals surface area (Å²) in [5.74, 6) is 1.28. The van der Waals surface area contributed by atoms with Crippen molar-refractivity contribution in [2.24, 2.45) is 0 Å². The van der Waals surface area contributed by atoms with E-state index < -0.39 is 9.84 Å². The second-order valence-corrected chi connectivity index (χ2v) is 8.40. The Morgan fingerprint density at radius 2 is 2.12 bits per heavy atom. The van der Waals surface area contributed by atoms with Gasteiger partial charge in [-0.15, -0.1) is 0 Å². The van der Waals surface area contributed by atoms with Crippen molar-refractivity contribution in [1.82, 2.24) is 9.36 Å². The highest BCUT2D eigenvalue weighted by Gasteiger charge is 2.29. The van der Waals surface area contributed by atoms with Gasteiger partial charge in [0.1, 0.15) is 5.82 Å². The van der Waals surface area contributed by atoms with Gasteiger partial charge >= 0.3 is 0 Å². The molecule has 0 bridgehead atoms. The predicted molar refractivity (Wildman–Crippen MR) is 69.3 cm³/mol. The quantitative estimate of drug-likeness (QED) is 0.884. The van der Waals surface area contributed by atoms with Crippen molar-refractivity contribution < 1.29 is 8.42 Å². The summed E-state index contributed by atoms with van der Waals surface area (Å²) in [6.07, 6.45) is 0.659. The molecule has 5 nitrogen and oxygen atoms in total. The van der Waals surface area contributed by atoms with Crippen LogP contribution in [0.5, 0.6) is 0 Å². The van der Waals surface area contributed by atoms with Crippen LogP contribution in [0.3, 0.4) is 0 Å². The average molecular weight is 275 g/mol. The molecule has 1 fully saturated rings. The summed E-state index contributed by atoms with van der Waals surface area (Å²) in [4.78, 5) is 4.39. The number of rotatable bonds is 2. The Bertz CT molecular complexity index is 502. The maximum atomic E-state index is 11.3. The molecule has 1 aliphatic rings. The Hall–Kier alpha value is -0.690. The molecular formula is C10H17N3O2S2. The van der Waals surface area contributed by atoms with E-state index in [1.54, 1.807) is 0 Å². The lowest BCUT2D eigenvalue weighted by Gasteiger charge is -2.12. The molecule has 0 aliphatic carbocycles. The Labute approximate surface area is 106 Å². The lowest BCUT2D eigenvalue weighted by Crippen LogP contribution is -2.20. The first kappa shape index (κ1) is 12.8. The number of anilines is 1. The van der Waals surface area contributed by atoms with Crippen LogP contribution in [0.2, 0.25) is 0 Å². The number of sulfone groups is 1. The minimum absolute atomic E-state index is 0.0132. The molecule has 0 radical (unpaired) electrons. The Balaban J connectivity index is 2.03. The van der Waals surface area contributed by atoms with Crippen LogP contribution in [0.4, 0.5) is 5.13 Å². The van der Waals surface area contributed by atoms with Crippen LogP contribution >= 0.6 is 11.5 Å². The van der Waals surface area contributed by atoms with Crippen LogP contribution in [0, 0.1) is 0 Å². The fourth-order valence-electron chi connectivity index (χ4n) is 1.67. The van der Waals surface area contributed by atoms with Gasteiger partial charge in [0.2, 0.25) is 5.13 Å². The molecule has 0 spiro atoms. The summed E-state index contributed by atoms with van der Waals surface area (Å²) in [5.41, 5.74) is -0.0712. The van der Waals surface area contributed by atoms with Gasteiger partial charge in [0.25, 0.3) is 0 Å². The Morgan fingerprint density at radius 3 is 2.59 bits per heavy atom. The van der Waals surface area contributed by atoms with Crippen molar-refractivity contribution in [3.8, 4) is 0 Å². The summed E-state index contributed by atoms with van der Waals surface area (Å²) in [6.45, 7) is 6.16. The van der Waals surface area contributed by atoms with E-state index in [0.717, 1.165) is 11.0 Å². The Morgan fingerprint density at radius 1 is 1.41 bits per heavy atom. The number of aromatic nitrogens is 2. The van der Waals surface area contributed by atoms with Gasteiger partial charge in [-0.2, -0.15) is 4.37 Å². The molecular weight excluding hydrogens is 258 g/mol. The van der Waals surface area contributed by atoms with Crippen LogP contribution in [0.25, 0.3) is 0 Å². The zero-order valence-electron chi connectivity index (χ0n) is 10.2. The van der Waals surface area contributed by atoms with Crippen LogP contribution in [-0.4, -0.2) is 35.3 Å². The van der Waals surface area contributed by atoms with Gasteiger partial charge in [-0.25, -0.2) is 13.4 Å². The third kappa shape index (κ3) is 3.16. The van der Waals surface area contributed by atoms with Gasteiger partial charge in [0.05, 0.1) is 11.5 Å². The smallest absolute Gasteiger partial charge is 0.202 e. The number of nitrogens with one attached hydrogen (secondary N) is 1. The topological polar surface area (TPSA) is 72.0 Å². The second-order valence-electron chi connectivity index (χ2n) is 5.42. The van der Waals surface area contributed by atoms with Gasteiger partial charge < -0.3 is 5.32 Å². The molecule has 7 heteroatoms. The second kappa shape index (κ2) is 4.20. The maximum Gasteiger partial charge on any atom is 0.202 e. The molecule has 1 N–H and O–H groups in total. The summed E-state index contributed by atoms with van der Waals surface area (Å²) >= 11 is 1.30. The highest BCUT2D eigenvalue weighted by molar-refractivity contribution is 7.91. The van der Waals surface area contributed by atoms with E-state index in [0.29, 0.717) is 6.42 Å². The molecule has 2 heterocycles. The molecule has 1 aromatic heterocycles. The first-order valence-corrected chi connectivity index (χ1v) is 8.17. The molecule has 1 saturated heterocycles.